The molecule has 1 amide bonds. The molecule has 2 rings (SSSR count). The third-order valence-electron chi connectivity index (χ3n) is 4.41. The van der Waals surface area contributed by atoms with Crippen molar-refractivity contribution < 1.29 is 4.79 Å². The van der Waals surface area contributed by atoms with Crippen LogP contribution in [0.15, 0.2) is 30.3 Å². The molecule has 0 bridgehead atoms. The number of hydrogen-bond acceptors (Lipinski definition) is 2. The van der Waals surface area contributed by atoms with Gasteiger partial charge in [-0.2, -0.15) is 0 Å². The first kappa shape index (κ1) is 17.0. The van der Waals surface area contributed by atoms with E-state index in [1.165, 1.54) is 0 Å². The maximum Gasteiger partial charge on any atom is 0.246 e. The van der Waals surface area contributed by atoms with Gasteiger partial charge in [-0.05, 0) is 50.5 Å². The molecule has 0 radical (unpaired) electrons. The van der Waals surface area contributed by atoms with Crippen molar-refractivity contribution in [3.63, 3.8) is 0 Å². The second kappa shape index (κ2) is 7.80. The minimum Gasteiger partial charge on any atom is -0.339 e. The second-order valence-corrected chi connectivity index (χ2v) is 6.63. The van der Waals surface area contributed by atoms with Gasteiger partial charge in [-0.3, -0.25) is 4.79 Å². The zero-order valence-corrected chi connectivity index (χ0v) is 14.4. The van der Waals surface area contributed by atoms with Gasteiger partial charge in [0.2, 0.25) is 5.91 Å². The standard InChI is InChI=1S/C18H25ClN2O/c1-14(2)21-12-10-17(11-13-21)20(3)18(22)9-6-15-4-7-16(19)8-5-15/h4-9,14,17H,10-13H2,1-3H3/b9-6+. The molecule has 1 aromatic rings. The van der Waals surface area contributed by atoms with E-state index in [0.29, 0.717) is 17.1 Å². The third kappa shape index (κ3) is 4.59. The number of likely N-dealkylation sites (N-methyl/N-ethyl adjacent to an activating group) is 1. The van der Waals surface area contributed by atoms with Gasteiger partial charge in [-0.15, -0.1) is 0 Å². The van der Waals surface area contributed by atoms with Crippen molar-refractivity contribution in [1.29, 1.82) is 0 Å². The molecule has 0 unspecified atom stereocenters. The fourth-order valence-corrected chi connectivity index (χ4v) is 2.95. The predicted molar refractivity (Wildman–Crippen MR) is 93.0 cm³/mol. The molecule has 1 aromatic carbocycles. The molecule has 120 valence electrons. The third-order valence-corrected chi connectivity index (χ3v) is 4.67. The Hall–Kier alpha value is -1.32. The van der Waals surface area contributed by atoms with Gasteiger partial charge < -0.3 is 9.80 Å². The number of halogens is 1. The van der Waals surface area contributed by atoms with Crippen LogP contribution < -0.4 is 0 Å². The van der Waals surface area contributed by atoms with Gasteiger partial charge >= 0.3 is 0 Å². The summed E-state index contributed by atoms with van der Waals surface area (Å²) in [4.78, 5) is 16.6. The summed E-state index contributed by atoms with van der Waals surface area (Å²) in [7, 11) is 1.91. The summed E-state index contributed by atoms with van der Waals surface area (Å²) in [5.74, 6) is 0.0675. The van der Waals surface area contributed by atoms with E-state index in [1.807, 2.05) is 42.3 Å². The topological polar surface area (TPSA) is 23.6 Å². The van der Waals surface area contributed by atoms with Gasteiger partial charge in [-0.1, -0.05) is 23.7 Å². The van der Waals surface area contributed by atoms with E-state index in [2.05, 4.69) is 18.7 Å². The number of amides is 1. The Morgan fingerprint density at radius 1 is 1.27 bits per heavy atom. The van der Waals surface area contributed by atoms with Crippen LogP contribution in [0.1, 0.15) is 32.3 Å². The molecule has 0 aliphatic carbocycles. The highest BCUT2D eigenvalue weighted by atomic mass is 35.5. The van der Waals surface area contributed by atoms with E-state index in [0.717, 1.165) is 31.5 Å². The summed E-state index contributed by atoms with van der Waals surface area (Å²) in [6.07, 6.45) is 5.60. The average molecular weight is 321 g/mol. The molecule has 3 nitrogen and oxygen atoms in total. The van der Waals surface area contributed by atoms with E-state index in [9.17, 15) is 4.79 Å². The normalized spacial score (nSPS) is 17.3. The number of benzene rings is 1. The summed E-state index contributed by atoms with van der Waals surface area (Å²) in [5, 5.41) is 0.706. The van der Waals surface area contributed by atoms with Crippen LogP contribution in [0.5, 0.6) is 0 Å². The van der Waals surface area contributed by atoms with Crippen molar-refractivity contribution in [2.45, 2.75) is 38.8 Å². The molecule has 0 N–H and O–H groups in total. The van der Waals surface area contributed by atoms with Crippen LogP contribution in [-0.2, 0) is 4.79 Å². The molecular formula is C18H25ClN2O. The average Bonchev–Trinajstić information content (AvgIpc) is 2.53. The van der Waals surface area contributed by atoms with E-state index in [1.54, 1.807) is 6.08 Å². The van der Waals surface area contributed by atoms with Crippen molar-refractivity contribution in [2.24, 2.45) is 0 Å². The van der Waals surface area contributed by atoms with Gasteiger partial charge in [0.25, 0.3) is 0 Å². The summed E-state index contributed by atoms with van der Waals surface area (Å²) in [6, 6.07) is 8.42. The van der Waals surface area contributed by atoms with E-state index < -0.39 is 0 Å². The van der Waals surface area contributed by atoms with Crippen LogP contribution in [-0.4, -0.2) is 47.9 Å². The van der Waals surface area contributed by atoms with Crippen molar-refractivity contribution in [3.05, 3.63) is 40.9 Å². The van der Waals surface area contributed by atoms with E-state index in [4.69, 9.17) is 11.6 Å². The maximum atomic E-state index is 12.3. The van der Waals surface area contributed by atoms with Crippen molar-refractivity contribution in [3.8, 4) is 0 Å². The zero-order chi connectivity index (χ0) is 16.1. The molecular weight excluding hydrogens is 296 g/mol. The summed E-state index contributed by atoms with van der Waals surface area (Å²) in [5.41, 5.74) is 0.987. The quantitative estimate of drug-likeness (QED) is 0.790. The first-order valence-electron chi connectivity index (χ1n) is 7.92. The number of nitrogens with zero attached hydrogens (tertiary/aromatic N) is 2. The molecule has 0 aromatic heterocycles. The van der Waals surface area contributed by atoms with E-state index in [-0.39, 0.29) is 5.91 Å². The van der Waals surface area contributed by atoms with E-state index >= 15 is 0 Å². The Morgan fingerprint density at radius 3 is 2.41 bits per heavy atom. The first-order valence-corrected chi connectivity index (χ1v) is 8.29. The van der Waals surface area contributed by atoms with Crippen molar-refractivity contribution in [1.82, 2.24) is 9.80 Å². The Labute approximate surface area is 138 Å². The molecule has 0 saturated carbocycles. The molecule has 0 spiro atoms. The summed E-state index contributed by atoms with van der Waals surface area (Å²) < 4.78 is 0. The number of hydrogen-bond donors (Lipinski definition) is 0. The molecule has 1 heterocycles. The van der Waals surface area contributed by atoms with Crippen LogP contribution in [0, 0.1) is 0 Å². The lowest BCUT2D eigenvalue weighted by Crippen LogP contribution is -2.47. The van der Waals surface area contributed by atoms with Crippen LogP contribution >= 0.6 is 11.6 Å². The Bertz CT molecular complexity index is 516. The SMILES string of the molecule is CC(C)N1CCC(N(C)C(=O)/C=C/c2ccc(Cl)cc2)CC1. The second-order valence-electron chi connectivity index (χ2n) is 6.19. The first-order chi connectivity index (χ1) is 10.5. The summed E-state index contributed by atoms with van der Waals surface area (Å²) in [6.45, 7) is 6.59. The predicted octanol–water partition coefficient (Wildman–Crippen LogP) is 3.68. The highest BCUT2D eigenvalue weighted by molar-refractivity contribution is 6.30. The minimum atomic E-state index is 0.0675. The number of likely N-dealkylation sites (tertiary alicyclic amines) is 1. The largest absolute Gasteiger partial charge is 0.339 e. The Balaban J connectivity index is 1.88. The molecule has 1 aliphatic rings. The lowest BCUT2D eigenvalue weighted by atomic mass is 10.0. The van der Waals surface area contributed by atoms with Crippen LogP contribution in [0.2, 0.25) is 5.02 Å². The lowest BCUT2D eigenvalue weighted by Gasteiger charge is -2.38. The van der Waals surface area contributed by atoms with Crippen molar-refractivity contribution >= 4 is 23.6 Å². The van der Waals surface area contributed by atoms with Crippen LogP contribution in [0.25, 0.3) is 6.08 Å². The molecule has 1 saturated heterocycles. The number of carbonyl (C=O) groups excluding carboxylic acids is 1. The number of rotatable bonds is 4. The molecule has 1 fully saturated rings. The zero-order valence-electron chi connectivity index (χ0n) is 13.6. The van der Waals surface area contributed by atoms with Gasteiger partial charge in [-0.25, -0.2) is 0 Å². The van der Waals surface area contributed by atoms with Crippen molar-refractivity contribution in [2.75, 3.05) is 20.1 Å². The fourth-order valence-electron chi connectivity index (χ4n) is 2.83. The Kier molecular flexibility index (Phi) is 6.04. The molecule has 4 heteroatoms. The smallest absolute Gasteiger partial charge is 0.246 e. The Morgan fingerprint density at radius 2 is 1.86 bits per heavy atom. The minimum absolute atomic E-state index is 0.0675. The van der Waals surface area contributed by atoms with Gasteiger partial charge in [0.1, 0.15) is 0 Å². The summed E-state index contributed by atoms with van der Waals surface area (Å²) >= 11 is 5.86. The number of carbonyl (C=O) groups is 1. The van der Waals surface area contributed by atoms with Crippen LogP contribution in [0.3, 0.4) is 0 Å². The number of piperidine rings is 1. The van der Waals surface area contributed by atoms with Gasteiger partial charge in [0.15, 0.2) is 0 Å². The lowest BCUT2D eigenvalue weighted by molar-refractivity contribution is -0.127. The molecule has 1 aliphatic heterocycles. The van der Waals surface area contributed by atoms with Gasteiger partial charge in [0, 0.05) is 43.3 Å². The molecule has 0 atom stereocenters. The van der Waals surface area contributed by atoms with Crippen LogP contribution in [0.4, 0.5) is 0 Å². The maximum absolute atomic E-state index is 12.3. The monoisotopic (exact) mass is 320 g/mol. The highest BCUT2D eigenvalue weighted by Gasteiger charge is 2.25. The fraction of sp³-hybridized carbons (Fsp3) is 0.500. The van der Waals surface area contributed by atoms with Gasteiger partial charge in [0.05, 0.1) is 0 Å². The molecule has 22 heavy (non-hydrogen) atoms. The highest BCUT2D eigenvalue weighted by Crippen LogP contribution is 2.18.